The van der Waals surface area contributed by atoms with Gasteiger partial charge in [0.1, 0.15) is 5.75 Å². The van der Waals surface area contributed by atoms with Crippen molar-refractivity contribution in [2.24, 2.45) is 0 Å². The largest absolute Gasteiger partial charge is 0.496 e. The smallest absolute Gasteiger partial charge is 0.123 e. The topological polar surface area (TPSA) is 21.3 Å². The van der Waals surface area contributed by atoms with E-state index in [1.807, 2.05) is 23.9 Å². The monoisotopic (exact) mass is 253 g/mol. The molecular formula is C14H23NOS. The van der Waals surface area contributed by atoms with Gasteiger partial charge in [0.25, 0.3) is 0 Å². The highest BCUT2D eigenvalue weighted by atomic mass is 32.2. The summed E-state index contributed by atoms with van der Waals surface area (Å²) in [6.07, 6.45) is 1.16. The third-order valence-corrected chi connectivity index (χ3v) is 3.62. The van der Waals surface area contributed by atoms with Gasteiger partial charge in [0.15, 0.2) is 0 Å². The van der Waals surface area contributed by atoms with Crippen molar-refractivity contribution in [2.75, 3.05) is 25.2 Å². The molecule has 0 aliphatic carbocycles. The van der Waals surface area contributed by atoms with Gasteiger partial charge >= 0.3 is 0 Å². The van der Waals surface area contributed by atoms with Crippen LogP contribution in [0.3, 0.4) is 0 Å². The van der Waals surface area contributed by atoms with Crippen molar-refractivity contribution in [3.8, 4) is 5.75 Å². The molecule has 96 valence electrons. The number of hydrogen-bond donors (Lipinski definition) is 1. The Kier molecular flexibility index (Phi) is 7.13. The number of hydrogen-bond acceptors (Lipinski definition) is 3. The first-order valence-electron chi connectivity index (χ1n) is 6.27. The Labute approximate surface area is 109 Å². The number of methoxy groups -OCH3 is 1. The van der Waals surface area contributed by atoms with Gasteiger partial charge in [0.05, 0.1) is 7.11 Å². The number of ether oxygens (including phenoxy) is 1. The van der Waals surface area contributed by atoms with E-state index in [4.69, 9.17) is 4.74 Å². The fourth-order valence-corrected chi connectivity index (χ4v) is 2.54. The van der Waals surface area contributed by atoms with Gasteiger partial charge in [-0.15, -0.1) is 0 Å². The van der Waals surface area contributed by atoms with Crippen LogP contribution in [0.25, 0.3) is 0 Å². The van der Waals surface area contributed by atoms with Gasteiger partial charge in [-0.05, 0) is 24.8 Å². The zero-order valence-electron chi connectivity index (χ0n) is 11.0. The lowest BCUT2D eigenvalue weighted by atomic mass is 10.1. The molecule has 1 aromatic carbocycles. The molecule has 3 heteroatoms. The highest BCUT2D eigenvalue weighted by Gasteiger charge is 2.14. The molecule has 17 heavy (non-hydrogen) atoms. The van der Waals surface area contributed by atoms with Crippen molar-refractivity contribution in [1.82, 2.24) is 5.32 Å². The quantitative estimate of drug-likeness (QED) is 0.766. The molecule has 0 aliphatic heterocycles. The Morgan fingerprint density at radius 2 is 2.06 bits per heavy atom. The van der Waals surface area contributed by atoms with Crippen molar-refractivity contribution in [3.63, 3.8) is 0 Å². The molecule has 0 fully saturated rings. The van der Waals surface area contributed by atoms with Crippen molar-refractivity contribution in [2.45, 2.75) is 26.3 Å². The van der Waals surface area contributed by atoms with Gasteiger partial charge in [0, 0.05) is 17.4 Å². The first-order valence-corrected chi connectivity index (χ1v) is 7.43. The molecule has 0 bridgehead atoms. The van der Waals surface area contributed by atoms with E-state index in [1.54, 1.807) is 7.11 Å². The highest BCUT2D eigenvalue weighted by Crippen LogP contribution is 2.27. The van der Waals surface area contributed by atoms with Gasteiger partial charge in [0.2, 0.25) is 0 Å². The van der Waals surface area contributed by atoms with E-state index in [9.17, 15) is 0 Å². The normalized spacial score (nSPS) is 12.4. The lowest BCUT2D eigenvalue weighted by Crippen LogP contribution is -2.24. The zero-order chi connectivity index (χ0) is 12.5. The maximum atomic E-state index is 5.44. The van der Waals surface area contributed by atoms with Crippen LogP contribution in [0.2, 0.25) is 0 Å². The summed E-state index contributed by atoms with van der Waals surface area (Å²) in [5, 5.41) is 3.59. The van der Waals surface area contributed by atoms with Gasteiger partial charge in [-0.1, -0.05) is 32.0 Å². The Morgan fingerprint density at radius 3 is 2.71 bits per heavy atom. The van der Waals surface area contributed by atoms with E-state index in [1.165, 1.54) is 5.56 Å². The van der Waals surface area contributed by atoms with Crippen LogP contribution >= 0.6 is 11.8 Å². The Morgan fingerprint density at radius 1 is 1.29 bits per heavy atom. The average Bonchev–Trinajstić information content (AvgIpc) is 2.39. The van der Waals surface area contributed by atoms with E-state index in [0.717, 1.165) is 30.2 Å². The van der Waals surface area contributed by atoms with Crippen LogP contribution in [0.15, 0.2) is 24.3 Å². The third kappa shape index (κ3) is 4.60. The van der Waals surface area contributed by atoms with Crippen LogP contribution in [-0.4, -0.2) is 25.2 Å². The average molecular weight is 253 g/mol. The fourth-order valence-electron chi connectivity index (χ4n) is 1.77. The minimum atomic E-state index is 0.385. The van der Waals surface area contributed by atoms with Crippen LogP contribution in [0.5, 0.6) is 5.75 Å². The van der Waals surface area contributed by atoms with E-state index < -0.39 is 0 Å². The molecule has 0 spiro atoms. The maximum Gasteiger partial charge on any atom is 0.123 e. The minimum Gasteiger partial charge on any atom is -0.496 e. The molecule has 1 unspecified atom stereocenters. The summed E-state index contributed by atoms with van der Waals surface area (Å²) < 4.78 is 5.44. The van der Waals surface area contributed by atoms with E-state index in [0.29, 0.717) is 6.04 Å². The number of para-hydroxylation sites is 1. The first kappa shape index (κ1) is 14.4. The molecule has 0 aromatic heterocycles. The standard InChI is InChI=1S/C14H23NOS/c1-4-10-15-13(11-17-5-2)12-8-6-7-9-14(12)16-3/h6-9,13,15H,4-5,10-11H2,1-3H3. The zero-order valence-corrected chi connectivity index (χ0v) is 11.8. The summed E-state index contributed by atoms with van der Waals surface area (Å²) in [7, 11) is 1.74. The van der Waals surface area contributed by atoms with E-state index in [2.05, 4.69) is 31.3 Å². The van der Waals surface area contributed by atoms with Crippen molar-refractivity contribution in [3.05, 3.63) is 29.8 Å². The molecule has 1 rings (SSSR count). The maximum absolute atomic E-state index is 5.44. The molecule has 1 atom stereocenters. The Balaban J connectivity index is 2.78. The molecule has 0 amide bonds. The van der Waals surface area contributed by atoms with Crippen molar-refractivity contribution < 1.29 is 4.74 Å². The summed E-state index contributed by atoms with van der Waals surface area (Å²) in [5.41, 5.74) is 1.27. The summed E-state index contributed by atoms with van der Waals surface area (Å²) in [6.45, 7) is 5.44. The van der Waals surface area contributed by atoms with E-state index in [-0.39, 0.29) is 0 Å². The van der Waals surface area contributed by atoms with Crippen molar-refractivity contribution in [1.29, 1.82) is 0 Å². The molecular weight excluding hydrogens is 230 g/mol. The van der Waals surface area contributed by atoms with Crippen molar-refractivity contribution >= 4 is 11.8 Å². The SMILES string of the molecule is CCCNC(CSCC)c1ccccc1OC. The Hall–Kier alpha value is -0.670. The van der Waals surface area contributed by atoms with Gasteiger partial charge in [-0.3, -0.25) is 0 Å². The molecule has 0 saturated heterocycles. The van der Waals surface area contributed by atoms with Crippen LogP contribution in [0.1, 0.15) is 31.9 Å². The summed E-state index contributed by atoms with van der Waals surface area (Å²) >= 11 is 1.96. The second-order valence-corrected chi connectivity index (χ2v) is 5.23. The predicted octanol–water partition coefficient (Wildman–Crippen LogP) is 3.49. The lowest BCUT2D eigenvalue weighted by molar-refractivity contribution is 0.402. The summed E-state index contributed by atoms with van der Waals surface area (Å²) in [4.78, 5) is 0. The number of rotatable bonds is 8. The second kappa shape index (κ2) is 8.43. The van der Waals surface area contributed by atoms with Gasteiger partial charge in [-0.2, -0.15) is 11.8 Å². The minimum absolute atomic E-state index is 0.385. The van der Waals surface area contributed by atoms with Crippen LogP contribution in [-0.2, 0) is 0 Å². The number of thioether (sulfide) groups is 1. The summed E-state index contributed by atoms with van der Waals surface area (Å²) in [6, 6.07) is 8.67. The fraction of sp³-hybridized carbons (Fsp3) is 0.571. The first-order chi connectivity index (χ1) is 8.33. The molecule has 1 aromatic rings. The summed E-state index contributed by atoms with van der Waals surface area (Å²) in [5.74, 6) is 3.23. The predicted molar refractivity (Wildman–Crippen MR) is 77.0 cm³/mol. The lowest BCUT2D eigenvalue weighted by Gasteiger charge is -2.20. The third-order valence-electron chi connectivity index (χ3n) is 2.64. The van der Waals surface area contributed by atoms with Gasteiger partial charge < -0.3 is 10.1 Å². The van der Waals surface area contributed by atoms with Crippen LogP contribution in [0.4, 0.5) is 0 Å². The van der Waals surface area contributed by atoms with Gasteiger partial charge in [-0.25, -0.2) is 0 Å². The number of benzene rings is 1. The number of nitrogens with one attached hydrogen (secondary N) is 1. The molecule has 0 heterocycles. The molecule has 1 N–H and O–H groups in total. The molecule has 2 nitrogen and oxygen atoms in total. The van der Waals surface area contributed by atoms with E-state index >= 15 is 0 Å². The van der Waals surface area contributed by atoms with Crippen LogP contribution in [0, 0.1) is 0 Å². The second-order valence-electron chi connectivity index (χ2n) is 3.91. The molecule has 0 aliphatic rings. The van der Waals surface area contributed by atoms with Crippen LogP contribution < -0.4 is 10.1 Å². The highest BCUT2D eigenvalue weighted by molar-refractivity contribution is 7.99. The molecule has 0 saturated carbocycles. The Bertz CT molecular complexity index is 309. The molecule has 0 radical (unpaired) electrons.